The maximum atomic E-state index is 8.47. The molecule has 0 radical (unpaired) electrons. The predicted molar refractivity (Wildman–Crippen MR) is 36.2 cm³/mol. The van der Waals surface area contributed by atoms with Crippen molar-refractivity contribution in [1.29, 1.82) is 0 Å². The third kappa shape index (κ3) is 1.27. The van der Waals surface area contributed by atoms with Crippen LogP contribution >= 0.6 is 22.9 Å². The highest BCUT2D eigenvalue weighted by Gasteiger charge is 2.22. The first-order valence-corrected chi connectivity index (χ1v) is 3.31. The van der Waals surface area contributed by atoms with Crippen molar-refractivity contribution < 1.29 is 5.11 Å². The highest BCUT2D eigenvalue weighted by molar-refractivity contribution is 14.1. The summed E-state index contributed by atoms with van der Waals surface area (Å²) < 4.78 is 2.17. The second-order valence-electron chi connectivity index (χ2n) is 1.88. The molecule has 0 spiro atoms. The summed E-state index contributed by atoms with van der Waals surface area (Å²) in [5.74, 6) is 0.567. The number of hydrogen-bond acceptors (Lipinski definition) is 2. The molecular weight excluding hydrogens is 205 g/mol. The fourth-order valence-corrected chi connectivity index (χ4v) is 1.74. The normalized spacial score (nSPS) is 24.9. The molecule has 0 aliphatic carbocycles. The number of aliphatic hydroxyl groups excluding tert-OH is 1. The predicted octanol–water partition coefficient (Wildman–Crippen LogP) is 0.260. The van der Waals surface area contributed by atoms with Crippen LogP contribution < -0.4 is 0 Å². The van der Waals surface area contributed by atoms with E-state index in [1.54, 1.807) is 0 Å². The van der Waals surface area contributed by atoms with Gasteiger partial charge in [0.1, 0.15) is 0 Å². The zero-order valence-corrected chi connectivity index (χ0v) is 6.13. The van der Waals surface area contributed by atoms with E-state index >= 15 is 0 Å². The minimum absolute atomic E-state index is 0.361. The molecule has 0 aromatic heterocycles. The molecule has 42 valence electrons. The smallest absolute Gasteiger partial charge is 0.0484 e. The zero-order chi connectivity index (χ0) is 5.28. The Balaban J connectivity index is 2.06. The van der Waals surface area contributed by atoms with Gasteiger partial charge in [-0.1, -0.05) is 0 Å². The minimum atomic E-state index is 0.361. The third-order valence-corrected chi connectivity index (χ3v) is 1.96. The van der Waals surface area contributed by atoms with Crippen LogP contribution in [-0.4, -0.2) is 27.9 Å². The Morgan fingerprint density at radius 1 is 1.71 bits per heavy atom. The molecule has 1 saturated heterocycles. The number of aliphatic hydroxyl groups is 1. The van der Waals surface area contributed by atoms with E-state index in [4.69, 9.17) is 5.11 Å². The molecule has 0 aromatic carbocycles. The van der Waals surface area contributed by atoms with E-state index in [0.29, 0.717) is 12.5 Å². The minimum Gasteiger partial charge on any atom is -0.396 e. The van der Waals surface area contributed by atoms with Crippen LogP contribution in [0, 0.1) is 5.92 Å². The number of hydrogen-bond donors (Lipinski definition) is 1. The molecule has 0 atom stereocenters. The maximum Gasteiger partial charge on any atom is 0.0484 e. The van der Waals surface area contributed by atoms with Crippen LogP contribution in [0.25, 0.3) is 0 Å². The molecule has 1 aliphatic heterocycles. The quantitative estimate of drug-likeness (QED) is 0.498. The molecule has 1 rings (SSSR count). The molecule has 7 heavy (non-hydrogen) atoms. The van der Waals surface area contributed by atoms with E-state index in [2.05, 4.69) is 26.0 Å². The SMILES string of the molecule is OCC1CN(I)C1. The molecule has 2 nitrogen and oxygen atoms in total. The maximum absolute atomic E-state index is 8.47. The van der Waals surface area contributed by atoms with Crippen molar-refractivity contribution in [2.45, 2.75) is 0 Å². The van der Waals surface area contributed by atoms with Gasteiger partial charge < -0.3 is 5.11 Å². The first kappa shape index (κ1) is 5.78. The Hall–Kier alpha value is 0.650. The summed E-state index contributed by atoms with van der Waals surface area (Å²) in [6, 6.07) is 0. The van der Waals surface area contributed by atoms with Gasteiger partial charge in [0.2, 0.25) is 0 Å². The van der Waals surface area contributed by atoms with Crippen molar-refractivity contribution in [3.63, 3.8) is 0 Å². The van der Waals surface area contributed by atoms with Crippen molar-refractivity contribution in [2.24, 2.45) is 5.92 Å². The summed E-state index contributed by atoms with van der Waals surface area (Å²) in [5.41, 5.74) is 0. The lowest BCUT2D eigenvalue weighted by Gasteiger charge is -2.32. The van der Waals surface area contributed by atoms with Gasteiger partial charge in [0.25, 0.3) is 0 Å². The van der Waals surface area contributed by atoms with Crippen LogP contribution in [0.3, 0.4) is 0 Å². The van der Waals surface area contributed by atoms with Gasteiger partial charge in [-0.15, -0.1) is 0 Å². The van der Waals surface area contributed by atoms with Crippen LogP contribution in [-0.2, 0) is 0 Å². The van der Waals surface area contributed by atoms with Crippen molar-refractivity contribution in [3.05, 3.63) is 0 Å². The Morgan fingerprint density at radius 3 is 2.43 bits per heavy atom. The summed E-state index contributed by atoms with van der Waals surface area (Å²) in [6.45, 7) is 2.49. The van der Waals surface area contributed by atoms with E-state index in [1.807, 2.05) is 0 Å². The average Bonchev–Trinajstić information content (AvgIpc) is 1.58. The zero-order valence-electron chi connectivity index (χ0n) is 3.97. The summed E-state index contributed by atoms with van der Waals surface area (Å²) in [6.07, 6.45) is 0. The van der Waals surface area contributed by atoms with Crippen LogP contribution in [0.1, 0.15) is 0 Å². The lowest BCUT2D eigenvalue weighted by molar-refractivity contribution is 0.137. The Bertz CT molecular complexity index is 62.7. The molecule has 1 fully saturated rings. The lowest BCUT2D eigenvalue weighted by atomic mass is 10.1. The van der Waals surface area contributed by atoms with Crippen molar-refractivity contribution >= 4 is 22.9 Å². The second kappa shape index (κ2) is 2.28. The van der Waals surface area contributed by atoms with E-state index in [1.165, 1.54) is 0 Å². The fourth-order valence-electron chi connectivity index (χ4n) is 0.622. The molecule has 3 heteroatoms. The molecule has 0 saturated carbocycles. The molecule has 1 heterocycles. The number of halogens is 1. The molecule has 1 N–H and O–H groups in total. The second-order valence-corrected chi connectivity index (χ2v) is 3.24. The molecule has 0 unspecified atom stereocenters. The molecule has 0 amide bonds. The Morgan fingerprint density at radius 2 is 2.29 bits per heavy atom. The van der Waals surface area contributed by atoms with Crippen molar-refractivity contribution in [2.75, 3.05) is 19.7 Å². The van der Waals surface area contributed by atoms with E-state index in [0.717, 1.165) is 13.1 Å². The van der Waals surface area contributed by atoms with Gasteiger partial charge in [-0.2, -0.15) is 0 Å². The number of rotatable bonds is 1. The topological polar surface area (TPSA) is 23.5 Å². The van der Waals surface area contributed by atoms with Gasteiger partial charge in [0.05, 0.1) is 0 Å². The first-order chi connectivity index (χ1) is 3.33. The van der Waals surface area contributed by atoms with Crippen molar-refractivity contribution in [1.82, 2.24) is 3.11 Å². The van der Waals surface area contributed by atoms with E-state index in [-0.39, 0.29) is 0 Å². The van der Waals surface area contributed by atoms with Gasteiger partial charge in [-0.25, -0.2) is 3.11 Å². The van der Waals surface area contributed by atoms with Crippen molar-refractivity contribution in [3.8, 4) is 0 Å². The monoisotopic (exact) mass is 213 g/mol. The van der Waals surface area contributed by atoms with E-state index < -0.39 is 0 Å². The standard InChI is InChI=1S/C4H8INO/c5-6-1-4(2-6)3-7/h4,7H,1-3H2. The highest BCUT2D eigenvalue weighted by atomic mass is 127. The Kier molecular flexibility index (Phi) is 1.88. The van der Waals surface area contributed by atoms with Gasteiger partial charge in [-0.05, 0) is 0 Å². The van der Waals surface area contributed by atoms with Gasteiger partial charge in [-0.3, -0.25) is 0 Å². The molecule has 1 aliphatic rings. The molecule has 0 aromatic rings. The lowest BCUT2D eigenvalue weighted by Crippen LogP contribution is -2.41. The fraction of sp³-hybridized carbons (Fsp3) is 1.00. The van der Waals surface area contributed by atoms with E-state index in [9.17, 15) is 0 Å². The van der Waals surface area contributed by atoms with Crippen LogP contribution in [0.15, 0.2) is 0 Å². The highest BCUT2D eigenvalue weighted by Crippen LogP contribution is 2.17. The van der Waals surface area contributed by atoms with Gasteiger partial charge >= 0.3 is 0 Å². The summed E-state index contributed by atoms with van der Waals surface area (Å²) in [4.78, 5) is 0. The largest absolute Gasteiger partial charge is 0.396 e. The molecule has 0 bridgehead atoms. The molecular formula is C4H8INO. The van der Waals surface area contributed by atoms with Gasteiger partial charge in [0, 0.05) is 48.5 Å². The summed E-state index contributed by atoms with van der Waals surface area (Å²) in [7, 11) is 0. The summed E-state index contributed by atoms with van der Waals surface area (Å²) >= 11 is 2.25. The number of nitrogens with zero attached hydrogens (tertiary/aromatic N) is 1. The van der Waals surface area contributed by atoms with Gasteiger partial charge in [0.15, 0.2) is 0 Å². The third-order valence-electron chi connectivity index (χ3n) is 1.17. The first-order valence-electron chi connectivity index (χ1n) is 2.34. The van der Waals surface area contributed by atoms with Crippen LogP contribution in [0.2, 0.25) is 0 Å². The Labute approximate surface area is 57.0 Å². The summed E-state index contributed by atoms with van der Waals surface area (Å²) in [5, 5.41) is 8.47. The van der Waals surface area contributed by atoms with Crippen LogP contribution in [0.4, 0.5) is 0 Å². The van der Waals surface area contributed by atoms with Crippen LogP contribution in [0.5, 0.6) is 0 Å². The average molecular weight is 213 g/mol.